The summed E-state index contributed by atoms with van der Waals surface area (Å²) in [5, 5.41) is 4.03. The predicted octanol–water partition coefficient (Wildman–Crippen LogP) is 5.63. The number of methoxy groups -OCH3 is 1. The van der Waals surface area contributed by atoms with E-state index in [1.54, 1.807) is 12.1 Å². The Bertz CT molecular complexity index is 537. The SMILES string of the molecule is CCCCCCN(CCCCCC)C(=S)Nc1cccc(C(=O)OC)c1. The van der Waals surface area contributed by atoms with E-state index in [-0.39, 0.29) is 5.97 Å². The highest BCUT2D eigenvalue weighted by molar-refractivity contribution is 7.80. The molecule has 146 valence electrons. The number of benzene rings is 1. The highest BCUT2D eigenvalue weighted by Crippen LogP contribution is 2.14. The number of carbonyl (C=O) groups excluding carboxylic acids is 1. The molecule has 0 unspecified atom stereocenters. The van der Waals surface area contributed by atoms with Gasteiger partial charge in [0.15, 0.2) is 5.11 Å². The Kier molecular flexibility index (Phi) is 11.7. The second-order valence-corrected chi connectivity index (χ2v) is 7.00. The monoisotopic (exact) mass is 378 g/mol. The first kappa shape index (κ1) is 22.4. The molecule has 0 fully saturated rings. The fourth-order valence-corrected chi connectivity index (χ4v) is 3.12. The molecule has 0 aliphatic heterocycles. The molecule has 0 saturated heterocycles. The van der Waals surface area contributed by atoms with Gasteiger partial charge in [0.1, 0.15) is 0 Å². The zero-order chi connectivity index (χ0) is 19.2. The maximum atomic E-state index is 11.7. The van der Waals surface area contributed by atoms with Crippen LogP contribution in [0.25, 0.3) is 0 Å². The van der Waals surface area contributed by atoms with E-state index in [9.17, 15) is 4.79 Å². The summed E-state index contributed by atoms with van der Waals surface area (Å²) in [6.07, 6.45) is 9.80. The van der Waals surface area contributed by atoms with Crippen molar-refractivity contribution in [2.75, 3.05) is 25.5 Å². The Balaban J connectivity index is 2.65. The lowest BCUT2D eigenvalue weighted by Gasteiger charge is -2.26. The van der Waals surface area contributed by atoms with Gasteiger partial charge < -0.3 is 15.0 Å². The molecule has 0 amide bonds. The van der Waals surface area contributed by atoms with E-state index in [1.807, 2.05) is 12.1 Å². The summed E-state index contributed by atoms with van der Waals surface area (Å²) in [5.41, 5.74) is 1.35. The third-order valence-electron chi connectivity index (χ3n) is 4.39. The van der Waals surface area contributed by atoms with Gasteiger partial charge in [0.2, 0.25) is 0 Å². The largest absolute Gasteiger partial charge is 0.465 e. The molecule has 26 heavy (non-hydrogen) atoms. The van der Waals surface area contributed by atoms with E-state index in [1.165, 1.54) is 45.6 Å². The van der Waals surface area contributed by atoms with Crippen molar-refractivity contribution >= 4 is 29.0 Å². The molecule has 1 N–H and O–H groups in total. The molecular weight excluding hydrogens is 344 g/mol. The molecule has 1 aromatic rings. The van der Waals surface area contributed by atoms with Crippen molar-refractivity contribution in [2.45, 2.75) is 65.2 Å². The van der Waals surface area contributed by atoms with Crippen molar-refractivity contribution in [2.24, 2.45) is 0 Å². The van der Waals surface area contributed by atoms with Crippen molar-refractivity contribution in [1.82, 2.24) is 4.90 Å². The van der Waals surface area contributed by atoms with Crippen molar-refractivity contribution in [1.29, 1.82) is 0 Å². The molecule has 0 heterocycles. The third-order valence-corrected chi connectivity index (χ3v) is 4.75. The van der Waals surface area contributed by atoms with Crippen LogP contribution in [0.1, 0.15) is 75.6 Å². The first-order valence-corrected chi connectivity index (χ1v) is 10.3. The summed E-state index contributed by atoms with van der Waals surface area (Å²) < 4.78 is 4.79. The van der Waals surface area contributed by atoms with Crippen LogP contribution in [0.2, 0.25) is 0 Å². The number of ether oxygens (including phenoxy) is 1. The van der Waals surface area contributed by atoms with Crippen LogP contribution in [0.15, 0.2) is 24.3 Å². The Morgan fingerprint density at radius 1 is 1.04 bits per heavy atom. The Labute approximate surface area is 164 Å². The van der Waals surface area contributed by atoms with Crippen LogP contribution in [0.4, 0.5) is 5.69 Å². The zero-order valence-electron chi connectivity index (χ0n) is 16.6. The fraction of sp³-hybridized carbons (Fsp3) is 0.619. The Hall–Kier alpha value is -1.62. The van der Waals surface area contributed by atoms with E-state index < -0.39 is 0 Å². The number of hydrogen-bond donors (Lipinski definition) is 1. The first-order chi connectivity index (χ1) is 12.6. The van der Waals surface area contributed by atoms with Crippen molar-refractivity contribution in [3.8, 4) is 0 Å². The molecular formula is C21H34N2O2S. The summed E-state index contributed by atoms with van der Waals surface area (Å²) >= 11 is 5.65. The number of anilines is 1. The van der Waals surface area contributed by atoms with Crippen LogP contribution >= 0.6 is 12.2 Å². The summed E-state index contributed by atoms with van der Waals surface area (Å²) in [6.45, 7) is 6.41. The van der Waals surface area contributed by atoms with E-state index >= 15 is 0 Å². The van der Waals surface area contributed by atoms with E-state index in [0.717, 1.165) is 36.7 Å². The smallest absolute Gasteiger partial charge is 0.337 e. The van der Waals surface area contributed by atoms with Gasteiger partial charge in [-0.1, -0.05) is 58.4 Å². The minimum atomic E-state index is -0.337. The molecule has 0 atom stereocenters. The molecule has 0 aliphatic carbocycles. The predicted molar refractivity (Wildman–Crippen MR) is 114 cm³/mol. The molecule has 0 bridgehead atoms. The number of nitrogens with zero attached hydrogens (tertiary/aromatic N) is 1. The number of thiocarbonyl (C=S) groups is 1. The lowest BCUT2D eigenvalue weighted by Crippen LogP contribution is -2.36. The molecule has 0 saturated carbocycles. The first-order valence-electron chi connectivity index (χ1n) is 9.86. The van der Waals surface area contributed by atoms with Crippen LogP contribution in [0.3, 0.4) is 0 Å². The van der Waals surface area contributed by atoms with Gasteiger partial charge in [-0.05, 0) is 43.3 Å². The van der Waals surface area contributed by atoms with Gasteiger partial charge in [0.05, 0.1) is 12.7 Å². The van der Waals surface area contributed by atoms with Gasteiger partial charge in [-0.2, -0.15) is 0 Å². The van der Waals surface area contributed by atoms with E-state index in [2.05, 4.69) is 24.1 Å². The minimum Gasteiger partial charge on any atom is -0.465 e. The summed E-state index contributed by atoms with van der Waals surface area (Å²) in [4.78, 5) is 14.0. The van der Waals surface area contributed by atoms with Gasteiger partial charge in [-0.3, -0.25) is 0 Å². The molecule has 1 rings (SSSR count). The van der Waals surface area contributed by atoms with E-state index in [4.69, 9.17) is 17.0 Å². The second-order valence-electron chi connectivity index (χ2n) is 6.61. The maximum absolute atomic E-state index is 11.7. The van der Waals surface area contributed by atoms with Crippen LogP contribution in [0, 0.1) is 0 Å². The van der Waals surface area contributed by atoms with Crippen LogP contribution in [-0.2, 0) is 4.74 Å². The van der Waals surface area contributed by atoms with Crippen LogP contribution in [-0.4, -0.2) is 36.2 Å². The fourth-order valence-electron chi connectivity index (χ4n) is 2.82. The number of esters is 1. The van der Waals surface area contributed by atoms with Gasteiger partial charge in [-0.15, -0.1) is 0 Å². The molecule has 0 spiro atoms. The van der Waals surface area contributed by atoms with Gasteiger partial charge in [0, 0.05) is 18.8 Å². The lowest BCUT2D eigenvalue weighted by atomic mass is 10.1. The van der Waals surface area contributed by atoms with Gasteiger partial charge in [0.25, 0.3) is 0 Å². The molecule has 1 aromatic carbocycles. The van der Waals surface area contributed by atoms with Crippen molar-refractivity contribution in [3.63, 3.8) is 0 Å². The Morgan fingerprint density at radius 2 is 1.65 bits per heavy atom. The number of nitrogens with one attached hydrogen (secondary N) is 1. The number of carbonyl (C=O) groups is 1. The zero-order valence-corrected chi connectivity index (χ0v) is 17.4. The summed E-state index contributed by atoms with van der Waals surface area (Å²) in [5.74, 6) is -0.337. The molecule has 5 heteroatoms. The quantitative estimate of drug-likeness (QED) is 0.290. The molecule has 0 aliphatic rings. The minimum absolute atomic E-state index is 0.337. The normalized spacial score (nSPS) is 10.4. The van der Waals surface area contributed by atoms with Crippen LogP contribution < -0.4 is 5.32 Å². The van der Waals surface area contributed by atoms with Crippen molar-refractivity contribution in [3.05, 3.63) is 29.8 Å². The molecule has 0 radical (unpaired) electrons. The lowest BCUT2D eigenvalue weighted by molar-refractivity contribution is 0.0601. The molecule has 4 nitrogen and oxygen atoms in total. The highest BCUT2D eigenvalue weighted by atomic mass is 32.1. The summed E-state index contributed by atoms with van der Waals surface area (Å²) in [7, 11) is 1.39. The Morgan fingerprint density at radius 3 is 2.19 bits per heavy atom. The number of rotatable bonds is 12. The second kappa shape index (κ2) is 13.6. The average molecular weight is 379 g/mol. The number of unbranched alkanes of at least 4 members (excludes halogenated alkanes) is 6. The van der Waals surface area contributed by atoms with Gasteiger partial charge in [-0.25, -0.2) is 4.79 Å². The van der Waals surface area contributed by atoms with Crippen LogP contribution in [0.5, 0.6) is 0 Å². The number of hydrogen-bond acceptors (Lipinski definition) is 3. The standard InChI is InChI=1S/C21H34N2O2S/c1-4-6-8-10-15-23(16-11-9-7-5-2)21(26)22-19-14-12-13-18(17-19)20(24)25-3/h12-14,17H,4-11,15-16H2,1-3H3,(H,22,26). The van der Waals surface area contributed by atoms with Crippen molar-refractivity contribution < 1.29 is 9.53 Å². The maximum Gasteiger partial charge on any atom is 0.337 e. The third kappa shape index (κ3) is 8.65. The van der Waals surface area contributed by atoms with Gasteiger partial charge >= 0.3 is 5.97 Å². The van der Waals surface area contributed by atoms with E-state index in [0.29, 0.717) is 5.56 Å². The highest BCUT2D eigenvalue weighted by Gasteiger charge is 2.11. The topological polar surface area (TPSA) is 41.6 Å². The average Bonchev–Trinajstić information content (AvgIpc) is 2.66. The molecule has 0 aromatic heterocycles. The summed E-state index contributed by atoms with van der Waals surface area (Å²) in [6, 6.07) is 7.28.